The van der Waals surface area contributed by atoms with Gasteiger partial charge in [0.15, 0.2) is 0 Å². The first-order valence-electron chi connectivity index (χ1n) is 6.88. The molecule has 100 valence electrons. The van der Waals surface area contributed by atoms with Gasteiger partial charge in [0.1, 0.15) is 0 Å². The number of hydrogen-bond donors (Lipinski definition) is 1. The number of anilines is 1. The van der Waals surface area contributed by atoms with Crippen molar-refractivity contribution in [1.82, 2.24) is 0 Å². The molecule has 4 heteroatoms. The molecule has 1 saturated carbocycles. The Morgan fingerprint density at radius 1 is 1.26 bits per heavy atom. The largest absolute Gasteiger partial charge is 0.371 e. The fourth-order valence-corrected chi connectivity index (χ4v) is 4.03. The van der Waals surface area contributed by atoms with Crippen LogP contribution in [0.15, 0.2) is 22.7 Å². The second kappa shape index (κ2) is 5.15. The predicted molar refractivity (Wildman–Crippen MR) is 79.9 cm³/mol. The van der Waals surface area contributed by atoms with Gasteiger partial charge < -0.3 is 10.6 Å². The molecule has 1 aromatic rings. The predicted octanol–water partition coefficient (Wildman–Crippen LogP) is 2.88. The van der Waals surface area contributed by atoms with Crippen molar-refractivity contribution in [2.45, 2.75) is 25.3 Å². The third-order valence-electron chi connectivity index (χ3n) is 4.53. The maximum absolute atomic E-state index is 9.07. The molecule has 19 heavy (non-hydrogen) atoms. The molecular weight excluding hydrogens is 302 g/mol. The first-order chi connectivity index (χ1) is 9.17. The van der Waals surface area contributed by atoms with Crippen molar-refractivity contribution >= 4 is 21.6 Å². The summed E-state index contributed by atoms with van der Waals surface area (Å²) in [5, 5.41) is 9.07. The summed E-state index contributed by atoms with van der Waals surface area (Å²) in [5.74, 6) is 1.35. The van der Waals surface area contributed by atoms with Crippen molar-refractivity contribution in [1.29, 1.82) is 5.26 Å². The minimum Gasteiger partial charge on any atom is -0.371 e. The fraction of sp³-hybridized carbons (Fsp3) is 0.533. The van der Waals surface area contributed by atoms with Gasteiger partial charge in [-0.25, -0.2) is 0 Å². The SMILES string of the molecule is N#Cc1cc(Br)cc(N2CC3CCCC(N)C3C2)c1. The summed E-state index contributed by atoms with van der Waals surface area (Å²) in [6.45, 7) is 2.12. The Kier molecular flexibility index (Phi) is 3.51. The van der Waals surface area contributed by atoms with Crippen LogP contribution in [0, 0.1) is 23.2 Å². The number of fused-ring (bicyclic) bond motifs is 1. The van der Waals surface area contributed by atoms with Crippen molar-refractivity contribution in [2.75, 3.05) is 18.0 Å². The molecule has 2 aliphatic rings. The first kappa shape index (κ1) is 13.0. The number of nitrogens with zero attached hydrogens (tertiary/aromatic N) is 2. The molecule has 0 bridgehead atoms. The maximum Gasteiger partial charge on any atom is 0.0992 e. The van der Waals surface area contributed by atoms with E-state index >= 15 is 0 Å². The number of hydrogen-bond acceptors (Lipinski definition) is 3. The third kappa shape index (κ3) is 2.50. The van der Waals surface area contributed by atoms with Gasteiger partial charge in [-0.15, -0.1) is 0 Å². The minimum atomic E-state index is 0.353. The summed E-state index contributed by atoms with van der Waals surface area (Å²) in [6.07, 6.45) is 3.73. The van der Waals surface area contributed by atoms with Crippen LogP contribution in [0.2, 0.25) is 0 Å². The normalized spacial score (nSPS) is 29.9. The second-order valence-electron chi connectivity index (χ2n) is 5.73. The van der Waals surface area contributed by atoms with E-state index in [1.165, 1.54) is 12.8 Å². The zero-order valence-electron chi connectivity index (χ0n) is 10.8. The van der Waals surface area contributed by atoms with Crippen LogP contribution in [-0.4, -0.2) is 19.1 Å². The van der Waals surface area contributed by atoms with E-state index in [4.69, 9.17) is 11.0 Å². The monoisotopic (exact) mass is 319 g/mol. The highest BCUT2D eigenvalue weighted by Gasteiger charge is 2.38. The third-order valence-corrected chi connectivity index (χ3v) is 4.99. The van der Waals surface area contributed by atoms with Crippen molar-refractivity contribution in [3.05, 3.63) is 28.2 Å². The molecule has 3 atom stereocenters. The van der Waals surface area contributed by atoms with Gasteiger partial charge in [-0.1, -0.05) is 22.4 Å². The molecule has 0 spiro atoms. The number of benzene rings is 1. The van der Waals surface area contributed by atoms with Crippen LogP contribution < -0.4 is 10.6 Å². The van der Waals surface area contributed by atoms with Crippen LogP contribution in [0.1, 0.15) is 24.8 Å². The summed E-state index contributed by atoms with van der Waals surface area (Å²) in [7, 11) is 0. The Labute approximate surface area is 122 Å². The molecule has 3 nitrogen and oxygen atoms in total. The van der Waals surface area contributed by atoms with E-state index in [2.05, 4.69) is 33.0 Å². The summed E-state index contributed by atoms with van der Waals surface area (Å²) in [6, 6.07) is 8.52. The first-order valence-corrected chi connectivity index (χ1v) is 7.68. The van der Waals surface area contributed by atoms with Crippen LogP contribution in [0.3, 0.4) is 0 Å². The molecule has 0 radical (unpaired) electrons. The topological polar surface area (TPSA) is 53.0 Å². The standard InChI is InChI=1S/C15H18BrN3/c16-12-4-10(7-17)5-13(6-12)19-8-11-2-1-3-15(18)14(11)9-19/h4-6,11,14-15H,1-3,8-9,18H2. The van der Waals surface area contributed by atoms with Gasteiger partial charge in [0.05, 0.1) is 11.6 Å². The van der Waals surface area contributed by atoms with Crippen molar-refractivity contribution in [2.24, 2.45) is 17.6 Å². The summed E-state index contributed by atoms with van der Waals surface area (Å²) < 4.78 is 0.973. The average molecular weight is 320 g/mol. The van der Waals surface area contributed by atoms with E-state index in [0.717, 1.165) is 35.6 Å². The lowest BCUT2D eigenvalue weighted by atomic mass is 9.78. The molecule has 1 aliphatic carbocycles. The Balaban J connectivity index is 1.84. The smallest absolute Gasteiger partial charge is 0.0992 e. The molecule has 2 N–H and O–H groups in total. The molecule has 1 aromatic carbocycles. The minimum absolute atomic E-state index is 0.353. The van der Waals surface area contributed by atoms with Gasteiger partial charge in [0.25, 0.3) is 0 Å². The summed E-state index contributed by atoms with van der Waals surface area (Å²) >= 11 is 3.49. The Bertz CT molecular complexity index is 523. The Morgan fingerprint density at radius 2 is 2.11 bits per heavy atom. The molecule has 0 aromatic heterocycles. The van der Waals surface area contributed by atoms with Crippen LogP contribution in [0.4, 0.5) is 5.69 Å². The van der Waals surface area contributed by atoms with E-state index in [1.807, 2.05) is 12.1 Å². The molecular formula is C15H18BrN3. The van der Waals surface area contributed by atoms with Crippen molar-refractivity contribution in [3.8, 4) is 6.07 Å². The lowest BCUT2D eigenvalue weighted by Gasteiger charge is -2.29. The quantitative estimate of drug-likeness (QED) is 0.866. The Morgan fingerprint density at radius 3 is 2.84 bits per heavy atom. The molecule has 3 rings (SSSR count). The summed E-state index contributed by atoms with van der Waals surface area (Å²) in [4.78, 5) is 2.39. The van der Waals surface area contributed by atoms with Crippen LogP contribution in [0.25, 0.3) is 0 Å². The van der Waals surface area contributed by atoms with Crippen LogP contribution >= 0.6 is 15.9 Å². The van der Waals surface area contributed by atoms with Gasteiger partial charge >= 0.3 is 0 Å². The van der Waals surface area contributed by atoms with Gasteiger partial charge in [-0.2, -0.15) is 5.26 Å². The maximum atomic E-state index is 9.07. The zero-order valence-corrected chi connectivity index (χ0v) is 12.4. The zero-order chi connectivity index (χ0) is 13.4. The summed E-state index contributed by atoms with van der Waals surface area (Å²) in [5.41, 5.74) is 8.12. The van der Waals surface area contributed by atoms with Gasteiger partial charge in [-0.3, -0.25) is 0 Å². The number of nitrogens with two attached hydrogens (primary N) is 1. The van der Waals surface area contributed by atoms with Gasteiger partial charge in [-0.05, 0) is 42.9 Å². The highest BCUT2D eigenvalue weighted by atomic mass is 79.9. The number of rotatable bonds is 1. The molecule has 3 unspecified atom stereocenters. The highest BCUT2D eigenvalue weighted by molar-refractivity contribution is 9.10. The second-order valence-corrected chi connectivity index (χ2v) is 6.65. The van der Waals surface area contributed by atoms with E-state index in [1.54, 1.807) is 0 Å². The Hall–Kier alpha value is -1.05. The van der Waals surface area contributed by atoms with Gasteiger partial charge in [0.2, 0.25) is 0 Å². The average Bonchev–Trinajstić information content (AvgIpc) is 2.83. The fourth-order valence-electron chi connectivity index (χ4n) is 3.55. The van der Waals surface area contributed by atoms with E-state index < -0.39 is 0 Å². The van der Waals surface area contributed by atoms with Gasteiger partial charge in [0, 0.05) is 29.3 Å². The van der Waals surface area contributed by atoms with Crippen molar-refractivity contribution in [3.63, 3.8) is 0 Å². The molecule has 2 fully saturated rings. The lowest BCUT2D eigenvalue weighted by molar-refractivity contribution is 0.260. The number of nitriles is 1. The van der Waals surface area contributed by atoms with Crippen LogP contribution in [-0.2, 0) is 0 Å². The van der Waals surface area contributed by atoms with E-state index in [-0.39, 0.29) is 0 Å². The molecule has 0 amide bonds. The number of halogens is 1. The molecule has 1 aliphatic heterocycles. The molecule has 1 heterocycles. The lowest BCUT2D eigenvalue weighted by Crippen LogP contribution is -2.38. The van der Waals surface area contributed by atoms with E-state index in [0.29, 0.717) is 17.5 Å². The van der Waals surface area contributed by atoms with Crippen molar-refractivity contribution < 1.29 is 0 Å². The van der Waals surface area contributed by atoms with E-state index in [9.17, 15) is 0 Å². The molecule has 1 saturated heterocycles. The highest BCUT2D eigenvalue weighted by Crippen LogP contribution is 2.38. The van der Waals surface area contributed by atoms with Crippen LogP contribution in [0.5, 0.6) is 0 Å².